The first kappa shape index (κ1) is 18.5. The van der Waals surface area contributed by atoms with Crippen LogP contribution in [0, 0.1) is 6.92 Å². The van der Waals surface area contributed by atoms with Crippen molar-refractivity contribution >= 4 is 25.2 Å². The van der Waals surface area contributed by atoms with Crippen LogP contribution in [-0.4, -0.2) is 22.4 Å². The molecule has 1 atom stereocenters. The summed E-state index contributed by atoms with van der Waals surface area (Å²) in [6, 6.07) is 12.7. The van der Waals surface area contributed by atoms with Crippen molar-refractivity contribution < 1.29 is 28.6 Å². The first-order valence-electron chi connectivity index (χ1n) is 6.96. The Hall–Kier alpha value is -1.85. The molecule has 0 aliphatic carbocycles. The van der Waals surface area contributed by atoms with E-state index in [1.54, 1.807) is 43.3 Å². The lowest BCUT2D eigenvalue weighted by atomic mass is 10.2. The molecule has 0 aromatic heterocycles. The molecular formula is C16H16ClO6P. The lowest BCUT2D eigenvalue weighted by Gasteiger charge is -2.19. The number of hydrogen-bond acceptors (Lipinski definition) is 4. The molecule has 128 valence electrons. The molecule has 2 N–H and O–H groups in total. The van der Waals surface area contributed by atoms with Gasteiger partial charge >= 0.3 is 13.6 Å². The van der Waals surface area contributed by atoms with Crippen LogP contribution in [-0.2, 0) is 14.1 Å². The molecule has 6 nitrogen and oxygen atoms in total. The van der Waals surface area contributed by atoms with Crippen molar-refractivity contribution in [1.82, 2.24) is 0 Å². The topological polar surface area (TPSA) is 93.1 Å². The van der Waals surface area contributed by atoms with Gasteiger partial charge in [0.05, 0.1) is 0 Å². The normalized spacial score (nSPS) is 12.5. The molecule has 2 aromatic rings. The highest BCUT2D eigenvalue weighted by atomic mass is 35.5. The monoisotopic (exact) mass is 370 g/mol. The predicted octanol–water partition coefficient (Wildman–Crippen LogP) is 3.45. The van der Waals surface area contributed by atoms with Crippen LogP contribution in [0.4, 0.5) is 0 Å². The van der Waals surface area contributed by atoms with E-state index in [9.17, 15) is 19.1 Å². The van der Waals surface area contributed by atoms with Crippen LogP contribution in [0.2, 0.25) is 5.02 Å². The summed E-state index contributed by atoms with van der Waals surface area (Å²) in [4.78, 5) is 30.7. The van der Waals surface area contributed by atoms with Gasteiger partial charge in [-0.25, -0.2) is 4.79 Å². The maximum atomic E-state index is 11.9. The Bertz CT molecular complexity index is 758. The second-order valence-corrected chi connectivity index (χ2v) is 7.12. The maximum Gasteiger partial charge on any atom is 0.370 e. The summed E-state index contributed by atoms with van der Waals surface area (Å²) in [6.45, 7) is 1.28. The fourth-order valence-electron chi connectivity index (χ4n) is 2.02. The number of hydrogen-bond donors (Lipinski definition) is 2. The second-order valence-electron chi connectivity index (χ2n) is 5.04. The lowest BCUT2D eigenvalue weighted by Crippen LogP contribution is -2.18. The van der Waals surface area contributed by atoms with E-state index in [1.807, 2.05) is 0 Å². The van der Waals surface area contributed by atoms with Gasteiger partial charge in [-0.1, -0.05) is 41.9 Å². The predicted molar refractivity (Wildman–Crippen MR) is 89.0 cm³/mol. The highest BCUT2D eigenvalue weighted by Gasteiger charge is 2.34. The fraction of sp³-hybridized carbons (Fsp3) is 0.188. The van der Waals surface area contributed by atoms with Gasteiger partial charge in [-0.2, -0.15) is 0 Å². The molecular weight excluding hydrogens is 355 g/mol. The van der Waals surface area contributed by atoms with E-state index < -0.39 is 26.0 Å². The third-order valence-corrected chi connectivity index (χ3v) is 4.37. The van der Waals surface area contributed by atoms with Gasteiger partial charge in [0.1, 0.15) is 5.75 Å². The molecule has 0 aliphatic heterocycles. The van der Waals surface area contributed by atoms with E-state index >= 15 is 0 Å². The average molecular weight is 371 g/mol. The SMILES string of the molecule is Cc1cc(Cl)ccc1OCC(=O)OC(c1ccccc1)P(=O)(O)O. The van der Waals surface area contributed by atoms with Gasteiger partial charge in [-0.3, -0.25) is 4.57 Å². The number of ether oxygens (including phenoxy) is 2. The molecule has 24 heavy (non-hydrogen) atoms. The van der Waals surface area contributed by atoms with Gasteiger partial charge in [0, 0.05) is 10.6 Å². The minimum absolute atomic E-state index is 0.210. The summed E-state index contributed by atoms with van der Waals surface area (Å²) in [5.41, 5.74) is 0.937. The molecule has 8 heteroatoms. The molecule has 2 rings (SSSR count). The van der Waals surface area contributed by atoms with E-state index in [0.29, 0.717) is 10.8 Å². The smallest absolute Gasteiger partial charge is 0.370 e. The summed E-state index contributed by atoms with van der Waals surface area (Å²) < 4.78 is 21.8. The maximum absolute atomic E-state index is 11.9. The third-order valence-electron chi connectivity index (χ3n) is 3.12. The Balaban J connectivity index is 2.05. The Kier molecular flexibility index (Phi) is 6.02. The highest BCUT2D eigenvalue weighted by molar-refractivity contribution is 7.52. The van der Waals surface area contributed by atoms with E-state index in [0.717, 1.165) is 5.56 Å². The van der Waals surface area contributed by atoms with Gasteiger partial charge in [-0.05, 0) is 30.7 Å². The zero-order valence-corrected chi connectivity index (χ0v) is 14.4. The van der Waals surface area contributed by atoms with Crippen molar-refractivity contribution in [3.8, 4) is 5.75 Å². The summed E-state index contributed by atoms with van der Waals surface area (Å²) in [7, 11) is -4.68. The van der Waals surface area contributed by atoms with Crippen molar-refractivity contribution in [2.45, 2.75) is 12.8 Å². The first-order chi connectivity index (χ1) is 11.3. The molecule has 0 aliphatic rings. The molecule has 0 bridgehead atoms. The molecule has 0 amide bonds. The largest absolute Gasteiger partial charge is 0.482 e. The zero-order chi connectivity index (χ0) is 17.7. The van der Waals surface area contributed by atoms with Crippen molar-refractivity contribution in [1.29, 1.82) is 0 Å². The molecule has 0 saturated heterocycles. The Labute approximate surface area is 144 Å². The molecule has 0 spiro atoms. The van der Waals surface area contributed by atoms with Crippen LogP contribution in [0.1, 0.15) is 17.0 Å². The van der Waals surface area contributed by atoms with Crippen molar-refractivity contribution in [2.24, 2.45) is 0 Å². The van der Waals surface area contributed by atoms with Crippen molar-refractivity contribution in [2.75, 3.05) is 6.61 Å². The van der Waals surface area contributed by atoms with Gasteiger partial charge < -0.3 is 19.3 Å². The number of esters is 1. The number of aryl methyl sites for hydroxylation is 1. The molecule has 1 unspecified atom stereocenters. The minimum atomic E-state index is -4.68. The first-order valence-corrected chi connectivity index (χ1v) is 9.02. The third kappa shape index (κ3) is 5.08. The summed E-state index contributed by atoms with van der Waals surface area (Å²) in [5, 5.41) is 0.535. The van der Waals surface area contributed by atoms with E-state index in [4.69, 9.17) is 21.1 Å². The summed E-state index contributed by atoms with van der Waals surface area (Å²) in [6.07, 6.45) is 0. The molecule has 0 radical (unpaired) electrons. The van der Waals surface area contributed by atoms with Crippen LogP contribution in [0.15, 0.2) is 48.5 Å². The Morgan fingerprint density at radius 2 is 1.88 bits per heavy atom. The van der Waals surface area contributed by atoms with Crippen molar-refractivity contribution in [3.05, 3.63) is 64.7 Å². The number of carbonyl (C=O) groups excluding carboxylic acids is 1. The fourth-order valence-corrected chi connectivity index (χ4v) is 3.06. The summed E-state index contributed by atoms with van der Waals surface area (Å²) in [5.74, 6) is -2.12. The van der Waals surface area contributed by atoms with Crippen LogP contribution >= 0.6 is 19.2 Å². The van der Waals surface area contributed by atoms with E-state index in [-0.39, 0.29) is 5.56 Å². The molecule has 0 heterocycles. The molecule has 2 aromatic carbocycles. The van der Waals surface area contributed by atoms with Gasteiger partial charge in [0.15, 0.2) is 6.61 Å². The number of halogens is 1. The number of rotatable bonds is 6. The van der Waals surface area contributed by atoms with Crippen LogP contribution in [0.25, 0.3) is 0 Å². The minimum Gasteiger partial charge on any atom is -0.482 e. The van der Waals surface area contributed by atoms with Crippen molar-refractivity contribution in [3.63, 3.8) is 0 Å². The highest BCUT2D eigenvalue weighted by Crippen LogP contribution is 2.52. The van der Waals surface area contributed by atoms with Gasteiger partial charge in [0.25, 0.3) is 0 Å². The molecule has 0 saturated carbocycles. The number of carbonyl (C=O) groups is 1. The standard InChI is InChI=1S/C16H16ClO6P/c1-11-9-13(17)7-8-14(11)22-10-15(18)23-16(24(19,20)21)12-5-3-2-4-6-12/h2-9,16H,10H2,1H3,(H2,19,20,21). The number of benzene rings is 2. The lowest BCUT2D eigenvalue weighted by molar-refractivity contribution is -0.149. The van der Waals surface area contributed by atoms with Crippen LogP contribution < -0.4 is 4.74 Å². The Morgan fingerprint density at radius 3 is 2.46 bits per heavy atom. The van der Waals surface area contributed by atoms with Gasteiger partial charge in [-0.15, -0.1) is 0 Å². The van der Waals surface area contributed by atoms with E-state index in [1.165, 1.54) is 12.1 Å². The van der Waals surface area contributed by atoms with E-state index in [2.05, 4.69) is 0 Å². The zero-order valence-electron chi connectivity index (χ0n) is 12.8. The molecule has 0 fully saturated rings. The van der Waals surface area contributed by atoms with Gasteiger partial charge in [0.2, 0.25) is 5.85 Å². The summed E-state index contributed by atoms with van der Waals surface area (Å²) >= 11 is 5.83. The quantitative estimate of drug-likeness (QED) is 0.597. The van der Waals surface area contributed by atoms with Crippen LogP contribution in [0.3, 0.4) is 0 Å². The average Bonchev–Trinajstić information content (AvgIpc) is 2.51. The van der Waals surface area contributed by atoms with Crippen LogP contribution in [0.5, 0.6) is 5.75 Å². The Morgan fingerprint density at radius 1 is 1.21 bits per heavy atom. The second kappa shape index (κ2) is 7.81.